The van der Waals surface area contributed by atoms with E-state index in [4.69, 9.17) is 4.74 Å². The Bertz CT molecular complexity index is 991. The lowest BCUT2D eigenvalue weighted by Gasteiger charge is -2.25. The number of halogens is 2. The summed E-state index contributed by atoms with van der Waals surface area (Å²) in [5.74, 6) is 0.114. The molecule has 176 valence electrons. The first-order valence-corrected chi connectivity index (χ1v) is 12.5. The van der Waals surface area contributed by atoms with Crippen LogP contribution in [-0.4, -0.2) is 58.0 Å². The zero-order chi connectivity index (χ0) is 23.7. The maximum atomic E-state index is 13.1. The predicted octanol–water partition coefficient (Wildman–Crippen LogP) is 3.36. The quantitative estimate of drug-likeness (QED) is 0.493. The lowest BCUT2D eigenvalue weighted by atomic mass is 10.1. The van der Waals surface area contributed by atoms with Crippen LogP contribution in [-0.2, 0) is 21.4 Å². The Morgan fingerprint density at radius 2 is 1.84 bits per heavy atom. The number of likely N-dealkylation sites (N-methyl/N-ethyl adjacent to an activating group) is 1. The van der Waals surface area contributed by atoms with Crippen molar-refractivity contribution in [3.63, 3.8) is 0 Å². The standard InChI is InChI=1S/C21H26F2N2O5S2/c1-25(14-15-9-10-18(29-2)19(13-15)30-21(22)23)20(26)17(11-12-31-3)24-32(27,28)16-7-5-4-6-8-16/h4-10,13,17,21,24H,11-12,14H2,1-3H3. The molecular weight excluding hydrogens is 462 g/mol. The summed E-state index contributed by atoms with van der Waals surface area (Å²) in [4.78, 5) is 14.5. The second-order valence-corrected chi connectivity index (χ2v) is 9.53. The van der Waals surface area contributed by atoms with Gasteiger partial charge in [0.15, 0.2) is 11.5 Å². The summed E-state index contributed by atoms with van der Waals surface area (Å²) >= 11 is 1.49. The molecule has 0 radical (unpaired) electrons. The number of hydrogen-bond donors (Lipinski definition) is 1. The lowest BCUT2D eigenvalue weighted by Crippen LogP contribution is -2.47. The second kappa shape index (κ2) is 12.0. The molecule has 0 aromatic heterocycles. The largest absolute Gasteiger partial charge is 0.493 e. The van der Waals surface area contributed by atoms with Gasteiger partial charge in [-0.3, -0.25) is 4.79 Å². The van der Waals surface area contributed by atoms with E-state index in [1.807, 2.05) is 6.26 Å². The normalized spacial score (nSPS) is 12.4. The van der Waals surface area contributed by atoms with E-state index in [-0.39, 0.29) is 22.9 Å². The summed E-state index contributed by atoms with van der Waals surface area (Å²) in [5, 5.41) is 0. The van der Waals surface area contributed by atoms with Crippen molar-refractivity contribution in [2.45, 2.75) is 30.5 Å². The van der Waals surface area contributed by atoms with Gasteiger partial charge in [-0.1, -0.05) is 24.3 Å². The van der Waals surface area contributed by atoms with E-state index in [2.05, 4.69) is 9.46 Å². The lowest BCUT2D eigenvalue weighted by molar-refractivity contribution is -0.132. The predicted molar refractivity (Wildman–Crippen MR) is 120 cm³/mol. The van der Waals surface area contributed by atoms with Gasteiger partial charge in [-0.25, -0.2) is 8.42 Å². The molecule has 7 nitrogen and oxygen atoms in total. The third-order valence-corrected chi connectivity index (χ3v) is 6.63. The van der Waals surface area contributed by atoms with E-state index in [1.54, 1.807) is 24.3 Å². The van der Waals surface area contributed by atoms with Gasteiger partial charge in [0, 0.05) is 13.6 Å². The number of carbonyl (C=O) groups is 1. The molecule has 32 heavy (non-hydrogen) atoms. The first-order valence-electron chi connectivity index (χ1n) is 9.61. The van der Waals surface area contributed by atoms with Gasteiger partial charge < -0.3 is 14.4 Å². The number of nitrogens with zero attached hydrogens (tertiary/aromatic N) is 1. The zero-order valence-corrected chi connectivity index (χ0v) is 19.6. The number of nitrogens with one attached hydrogen (secondary N) is 1. The topological polar surface area (TPSA) is 84.9 Å². The number of carbonyl (C=O) groups excluding carboxylic acids is 1. The van der Waals surface area contributed by atoms with Crippen molar-refractivity contribution in [1.82, 2.24) is 9.62 Å². The van der Waals surface area contributed by atoms with E-state index >= 15 is 0 Å². The van der Waals surface area contributed by atoms with Crippen molar-refractivity contribution in [1.29, 1.82) is 0 Å². The summed E-state index contributed by atoms with van der Waals surface area (Å²) in [7, 11) is -1.05. The fourth-order valence-corrected chi connectivity index (χ4v) is 4.66. The number of sulfonamides is 1. The molecule has 1 unspecified atom stereocenters. The van der Waals surface area contributed by atoms with Crippen LogP contribution >= 0.6 is 11.8 Å². The average Bonchev–Trinajstić information content (AvgIpc) is 2.76. The molecular formula is C21H26F2N2O5S2. The molecule has 0 bridgehead atoms. The minimum absolute atomic E-state index is 0.0608. The van der Waals surface area contributed by atoms with Crippen LogP contribution in [0, 0.1) is 0 Å². The van der Waals surface area contributed by atoms with Gasteiger partial charge in [0.05, 0.1) is 12.0 Å². The highest BCUT2D eigenvalue weighted by atomic mass is 32.2. The van der Waals surface area contributed by atoms with Crippen LogP contribution in [0.15, 0.2) is 53.4 Å². The Labute approximate surface area is 191 Å². The van der Waals surface area contributed by atoms with Gasteiger partial charge in [-0.2, -0.15) is 25.3 Å². The first kappa shape index (κ1) is 25.9. The van der Waals surface area contributed by atoms with Crippen LogP contribution < -0.4 is 14.2 Å². The molecule has 1 N–H and O–H groups in total. The highest BCUT2D eigenvalue weighted by Crippen LogP contribution is 2.30. The third-order valence-electron chi connectivity index (χ3n) is 4.50. The molecule has 0 saturated heterocycles. The van der Waals surface area contributed by atoms with Gasteiger partial charge in [0.25, 0.3) is 0 Å². The Kier molecular flexibility index (Phi) is 9.73. The Hall–Kier alpha value is -2.37. The summed E-state index contributed by atoms with van der Waals surface area (Å²) in [5.41, 5.74) is 0.520. The molecule has 2 aromatic carbocycles. The number of methoxy groups -OCH3 is 1. The minimum Gasteiger partial charge on any atom is -0.493 e. The molecule has 0 aliphatic rings. The number of rotatable bonds is 12. The Morgan fingerprint density at radius 3 is 2.44 bits per heavy atom. The summed E-state index contributed by atoms with van der Waals surface area (Å²) in [6.07, 6.45) is 2.15. The number of thioether (sulfide) groups is 1. The van der Waals surface area contributed by atoms with Gasteiger partial charge in [-0.05, 0) is 48.3 Å². The summed E-state index contributed by atoms with van der Waals surface area (Å²) < 4.78 is 62.8. The van der Waals surface area contributed by atoms with Crippen molar-refractivity contribution in [3.05, 3.63) is 54.1 Å². The Balaban J connectivity index is 2.19. The van der Waals surface area contributed by atoms with Gasteiger partial charge in [0.1, 0.15) is 6.04 Å². The van der Waals surface area contributed by atoms with E-state index in [9.17, 15) is 22.0 Å². The molecule has 1 amide bonds. The number of hydrogen-bond acceptors (Lipinski definition) is 6. The number of alkyl halides is 2. The van der Waals surface area contributed by atoms with E-state index in [1.165, 1.54) is 55.1 Å². The second-order valence-electron chi connectivity index (χ2n) is 6.83. The monoisotopic (exact) mass is 488 g/mol. The van der Waals surface area contributed by atoms with Crippen LogP contribution in [0.25, 0.3) is 0 Å². The van der Waals surface area contributed by atoms with Gasteiger partial charge >= 0.3 is 6.61 Å². The molecule has 0 spiro atoms. The molecule has 0 aliphatic carbocycles. The van der Waals surface area contributed by atoms with Crippen molar-refractivity contribution >= 4 is 27.7 Å². The third kappa shape index (κ3) is 7.35. The fourth-order valence-electron chi connectivity index (χ4n) is 2.95. The molecule has 11 heteroatoms. The molecule has 1 atom stereocenters. The SMILES string of the molecule is COc1ccc(CN(C)C(=O)C(CCSC)NS(=O)(=O)c2ccccc2)cc1OC(F)F. The van der Waals surface area contributed by atoms with Crippen molar-refractivity contribution in [2.24, 2.45) is 0 Å². The fraction of sp³-hybridized carbons (Fsp3) is 0.381. The number of ether oxygens (including phenoxy) is 2. The average molecular weight is 489 g/mol. The Morgan fingerprint density at radius 1 is 1.16 bits per heavy atom. The van der Waals surface area contributed by atoms with E-state index in [0.717, 1.165) is 0 Å². The molecule has 2 rings (SSSR count). The highest BCUT2D eigenvalue weighted by Gasteiger charge is 2.28. The molecule has 0 aliphatic heterocycles. The number of benzene rings is 2. The van der Waals surface area contributed by atoms with Crippen LogP contribution in [0.2, 0.25) is 0 Å². The van der Waals surface area contributed by atoms with Crippen LogP contribution in [0.4, 0.5) is 8.78 Å². The molecule has 0 heterocycles. The van der Waals surface area contributed by atoms with Crippen LogP contribution in [0.1, 0.15) is 12.0 Å². The van der Waals surface area contributed by atoms with Crippen molar-refractivity contribution in [3.8, 4) is 11.5 Å². The maximum absolute atomic E-state index is 13.1. The molecule has 2 aromatic rings. The number of amides is 1. The summed E-state index contributed by atoms with van der Waals surface area (Å²) in [6.45, 7) is -2.97. The minimum atomic E-state index is -3.90. The van der Waals surface area contributed by atoms with Crippen LogP contribution in [0.3, 0.4) is 0 Å². The molecule has 0 fully saturated rings. The maximum Gasteiger partial charge on any atom is 0.387 e. The van der Waals surface area contributed by atoms with Gasteiger partial charge in [0.2, 0.25) is 15.9 Å². The van der Waals surface area contributed by atoms with E-state index in [0.29, 0.717) is 17.7 Å². The first-order chi connectivity index (χ1) is 15.2. The molecule has 0 saturated carbocycles. The van der Waals surface area contributed by atoms with Gasteiger partial charge in [-0.15, -0.1) is 0 Å². The smallest absolute Gasteiger partial charge is 0.387 e. The highest BCUT2D eigenvalue weighted by molar-refractivity contribution is 7.98. The van der Waals surface area contributed by atoms with E-state index < -0.39 is 28.6 Å². The van der Waals surface area contributed by atoms with Crippen LogP contribution in [0.5, 0.6) is 11.5 Å². The van der Waals surface area contributed by atoms with Crippen molar-refractivity contribution in [2.75, 3.05) is 26.2 Å². The van der Waals surface area contributed by atoms with Crippen molar-refractivity contribution < 1.29 is 31.5 Å². The zero-order valence-electron chi connectivity index (χ0n) is 18.0. The summed E-state index contributed by atoms with van der Waals surface area (Å²) in [6, 6.07) is 11.3.